The second kappa shape index (κ2) is 4.29. The number of hydrogen-bond acceptors (Lipinski definition) is 3. The van der Waals surface area contributed by atoms with E-state index in [1.807, 2.05) is 0 Å². The summed E-state index contributed by atoms with van der Waals surface area (Å²) in [7, 11) is 0. The molecule has 6 heteroatoms. The van der Waals surface area contributed by atoms with Crippen LogP contribution in [-0.2, 0) is 0 Å². The van der Waals surface area contributed by atoms with Gasteiger partial charge in [0.2, 0.25) is 0 Å². The number of rotatable bonds is 2. The SMILES string of the molecule is Cc1onc(-c2cc(F)ccc2Br)c1C(=O)O. The van der Waals surface area contributed by atoms with Gasteiger partial charge in [0, 0.05) is 10.0 Å². The number of carbonyl (C=O) groups is 1. The number of aryl methyl sites for hydroxylation is 1. The van der Waals surface area contributed by atoms with Crippen LogP contribution >= 0.6 is 15.9 Å². The van der Waals surface area contributed by atoms with E-state index in [0.717, 1.165) is 0 Å². The van der Waals surface area contributed by atoms with Crippen molar-refractivity contribution >= 4 is 21.9 Å². The Hall–Kier alpha value is -1.69. The predicted octanol–water partition coefficient (Wildman–Crippen LogP) is 3.25. The maximum atomic E-state index is 13.1. The third kappa shape index (κ3) is 2.08. The van der Waals surface area contributed by atoms with Gasteiger partial charge in [-0.1, -0.05) is 21.1 Å². The van der Waals surface area contributed by atoms with Crippen molar-refractivity contribution in [1.29, 1.82) is 0 Å². The number of halogens is 2. The van der Waals surface area contributed by atoms with Gasteiger partial charge in [-0.3, -0.25) is 0 Å². The fourth-order valence-corrected chi connectivity index (χ4v) is 1.92. The highest BCUT2D eigenvalue weighted by Gasteiger charge is 2.22. The van der Waals surface area contributed by atoms with Crippen LogP contribution < -0.4 is 0 Å². The number of carboxylic acid groups (broad SMARTS) is 1. The van der Waals surface area contributed by atoms with Gasteiger partial charge in [0.15, 0.2) is 0 Å². The lowest BCUT2D eigenvalue weighted by molar-refractivity contribution is 0.0695. The molecule has 0 unspecified atom stereocenters. The molecule has 0 amide bonds. The molecule has 0 aliphatic rings. The summed E-state index contributed by atoms with van der Waals surface area (Å²) in [5.74, 6) is -1.45. The molecule has 1 N–H and O–H groups in total. The summed E-state index contributed by atoms with van der Waals surface area (Å²) in [6.07, 6.45) is 0. The number of carboxylic acids is 1. The molecule has 4 nitrogen and oxygen atoms in total. The normalized spacial score (nSPS) is 10.5. The predicted molar refractivity (Wildman–Crippen MR) is 61.3 cm³/mol. The molecule has 1 aromatic heterocycles. The maximum Gasteiger partial charge on any atom is 0.341 e. The zero-order chi connectivity index (χ0) is 12.6. The molecule has 17 heavy (non-hydrogen) atoms. The Morgan fingerprint density at radius 2 is 2.24 bits per heavy atom. The Bertz CT molecular complexity index is 594. The van der Waals surface area contributed by atoms with Crippen LogP contribution in [0.5, 0.6) is 0 Å². The monoisotopic (exact) mass is 299 g/mol. The van der Waals surface area contributed by atoms with Crippen LogP contribution in [0.2, 0.25) is 0 Å². The molecule has 0 radical (unpaired) electrons. The molecule has 1 aromatic carbocycles. The van der Waals surface area contributed by atoms with Gasteiger partial charge < -0.3 is 9.63 Å². The van der Waals surface area contributed by atoms with Crippen LogP contribution in [-0.4, -0.2) is 16.2 Å². The van der Waals surface area contributed by atoms with Gasteiger partial charge in [-0.2, -0.15) is 0 Å². The maximum absolute atomic E-state index is 13.1. The van der Waals surface area contributed by atoms with Crippen molar-refractivity contribution in [1.82, 2.24) is 5.16 Å². The van der Waals surface area contributed by atoms with Crippen molar-refractivity contribution in [2.75, 3.05) is 0 Å². The van der Waals surface area contributed by atoms with Gasteiger partial charge in [-0.05, 0) is 25.1 Å². The van der Waals surface area contributed by atoms with Crippen LogP contribution in [0, 0.1) is 12.7 Å². The lowest BCUT2D eigenvalue weighted by atomic mass is 10.1. The molecule has 0 spiro atoms. The number of aromatic nitrogens is 1. The van der Waals surface area contributed by atoms with E-state index in [0.29, 0.717) is 10.0 Å². The molecule has 2 aromatic rings. The standard InChI is InChI=1S/C11H7BrFNO3/c1-5-9(11(15)16)10(14-17-5)7-4-6(13)2-3-8(7)12/h2-4H,1H3,(H,15,16). The fraction of sp³-hybridized carbons (Fsp3) is 0.0909. The molecule has 0 saturated carbocycles. The molecule has 0 bridgehead atoms. The molecule has 88 valence electrons. The average molecular weight is 300 g/mol. The number of benzene rings is 1. The van der Waals surface area contributed by atoms with E-state index in [1.54, 1.807) is 0 Å². The van der Waals surface area contributed by atoms with Gasteiger partial charge in [-0.25, -0.2) is 9.18 Å². The Labute approximate surface area is 104 Å². The van der Waals surface area contributed by atoms with Crippen molar-refractivity contribution in [3.8, 4) is 11.3 Å². The van der Waals surface area contributed by atoms with Crippen molar-refractivity contribution in [2.24, 2.45) is 0 Å². The first-order valence-corrected chi connectivity index (χ1v) is 5.45. The highest BCUT2D eigenvalue weighted by atomic mass is 79.9. The van der Waals surface area contributed by atoms with E-state index in [1.165, 1.54) is 25.1 Å². The van der Waals surface area contributed by atoms with Crippen molar-refractivity contribution < 1.29 is 18.8 Å². The molecular formula is C11H7BrFNO3. The molecule has 2 rings (SSSR count). The number of aromatic carboxylic acids is 1. The minimum Gasteiger partial charge on any atom is -0.477 e. The summed E-state index contributed by atoms with van der Waals surface area (Å²) in [5, 5.41) is 12.7. The van der Waals surface area contributed by atoms with Gasteiger partial charge in [0.05, 0.1) is 0 Å². The van der Waals surface area contributed by atoms with Gasteiger partial charge in [0.1, 0.15) is 22.8 Å². The molecule has 0 aliphatic carbocycles. The summed E-state index contributed by atoms with van der Waals surface area (Å²) in [5.41, 5.74) is 0.400. The van der Waals surface area contributed by atoms with Crippen LogP contribution in [0.4, 0.5) is 4.39 Å². The number of hydrogen-bond donors (Lipinski definition) is 1. The Morgan fingerprint density at radius 3 is 2.88 bits per heavy atom. The summed E-state index contributed by atoms with van der Waals surface area (Å²) in [6.45, 7) is 1.49. The van der Waals surface area contributed by atoms with E-state index in [9.17, 15) is 9.18 Å². The fourth-order valence-electron chi connectivity index (χ4n) is 1.49. The van der Waals surface area contributed by atoms with E-state index >= 15 is 0 Å². The molecule has 0 atom stereocenters. The Kier molecular flexibility index (Phi) is 2.97. The first kappa shape index (κ1) is 11.8. The van der Waals surface area contributed by atoms with E-state index in [2.05, 4.69) is 21.1 Å². The van der Waals surface area contributed by atoms with E-state index < -0.39 is 11.8 Å². The molecular weight excluding hydrogens is 293 g/mol. The van der Waals surface area contributed by atoms with Crippen molar-refractivity contribution in [2.45, 2.75) is 6.92 Å². The average Bonchev–Trinajstić information content (AvgIpc) is 2.64. The number of nitrogens with zero attached hydrogens (tertiary/aromatic N) is 1. The van der Waals surface area contributed by atoms with E-state index in [4.69, 9.17) is 9.63 Å². The largest absolute Gasteiger partial charge is 0.477 e. The van der Waals surface area contributed by atoms with Crippen LogP contribution in [0.3, 0.4) is 0 Å². The zero-order valence-electron chi connectivity index (χ0n) is 8.70. The highest BCUT2D eigenvalue weighted by molar-refractivity contribution is 9.10. The summed E-state index contributed by atoms with van der Waals surface area (Å²) in [6, 6.07) is 3.95. The minimum absolute atomic E-state index is 0.0590. The quantitative estimate of drug-likeness (QED) is 0.924. The summed E-state index contributed by atoms with van der Waals surface area (Å²) >= 11 is 3.22. The molecule has 0 fully saturated rings. The zero-order valence-corrected chi connectivity index (χ0v) is 10.3. The summed E-state index contributed by atoms with van der Waals surface area (Å²) in [4.78, 5) is 11.1. The second-order valence-corrected chi connectivity index (χ2v) is 4.25. The summed E-state index contributed by atoms with van der Waals surface area (Å²) < 4.78 is 18.5. The van der Waals surface area contributed by atoms with Gasteiger partial charge in [-0.15, -0.1) is 0 Å². The first-order chi connectivity index (χ1) is 8.00. The van der Waals surface area contributed by atoms with E-state index in [-0.39, 0.29) is 17.0 Å². The smallest absolute Gasteiger partial charge is 0.341 e. The highest BCUT2D eigenvalue weighted by Crippen LogP contribution is 2.31. The third-order valence-electron chi connectivity index (χ3n) is 2.26. The molecule has 1 heterocycles. The first-order valence-electron chi connectivity index (χ1n) is 4.65. The second-order valence-electron chi connectivity index (χ2n) is 3.39. The Balaban J connectivity index is 2.68. The molecule has 0 saturated heterocycles. The lowest BCUT2D eigenvalue weighted by Gasteiger charge is -2.01. The third-order valence-corrected chi connectivity index (χ3v) is 2.95. The Morgan fingerprint density at radius 1 is 1.53 bits per heavy atom. The van der Waals surface area contributed by atoms with Gasteiger partial charge >= 0.3 is 5.97 Å². The molecule has 0 aliphatic heterocycles. The van der Waals surface area contributed by atoms with Crippen LogP contribution in [0.15, 0.2) is 27.2 Å². The van der Waals surface area contributed by atoms with Crippen molar-refractivity contribution in [3.63, 3.8) is 0 Å². The lowest BCUT2D eigenvalue weighted by Crippen LogP contribution is -1.99. The van der Waals surface area contributed by atoms with Gasteiger partial charge in [0.25, 0.3) is 0 Å². The van der Waals surface area contributed by atoms with Crippen molar-refractivity contribution in [3.05, 3.63) is 39.8 Å². The van der Waals surface area contributed by atoms with Crippen LogP contribution in [0.25, 0.3) is 11.3 Å². The van der Waals surface area contributed by atoms with Crippen LogP contribution in [0.1, 0.15) is 16.1 Å². The minimum atomic E-state index is -1.16. The topological polar surface area (TPSA) is 63.3 Å².